The number of hydrogen-bond acceptors (Lipinski definition) is 3. The van der Waals surface area contributed by atoms with Gasteiger partial charge in [0.25, 0.3) is 0 Å². The molecule has 1 rings (SSSR count). The molecule has 0 aromatic heterocycles. The van der Waals surface area contributed by atoms with Gasteiger partial charge in [0.15, 0.2) is 0 Å². The summed E-state index contributed by atoms with van der Waals surface area (Å²) in [5.74, 6) is -1.17. The molecule has 0 aliphatic rings. The molecular weight excluding hydrogens is 198 g/mol. The highest BCUT2D eigenvalue weighted by Gasteiger charge is 2.11. The maximum absolute atomic E-state index is 10.6. The van der Waals surface area contributed by atoms with Gasteiger partial charge in [0.05, 0.1) is 5.92 Å². The Bertz CT molecular complexity index is 352. The fourth-order valence-corrected chi connectivity index (χ4v) is 1.40. The molecule has 1 aromatic carbocycles. The highest BCUT2D eigenvalue weighted by Crippen LogP contribution is 2.19. The van der Waals surface area contributed by atoms with Gasteiger partial charge in [0.2, 0.25) is 0 Å². The van der Waals surface area contributed by atoms with Crippen LogP contribution >= 0.6 is 12.6 Å². The molecule has 0 bridgehead atoms. The van der Waals surface area contributed by atoms with Crippen LogP contribution in [0.2, 0.25) is 0 Å². The Morgan fingerprint density at radius 2 is 2.29 bits per heavy atom. The molecule has 0 aliphatic heterocycles. The topological polar surface area (TPSA) is 63.3 Å². The standard InChI is InChI=1S/C10H13NO2S/c1-6(10(12)13)4-7-2-3-8(11)9(14)5-7/h2-3,5-6,14H,4,11H2,1H3,(H,12,13). The Kier molecular flexibility index (Phi) is 3.41. The number of rotatable bonds is 3. The van der Waals surface area contributed by atoms with Crippen LogP contribution in [0.1, 0.15) is 12.5 Å². The van der Waals surface area contributed by atoms with Crippen LogP contribution in [-0.2, 0) is 11.2 Å². The van der Waals surface area contributed by atoms with E-state index in [0.717, 1.165) is 5.56 Å². The lowest BCUT2D eigenvalue weighted by molar-refractivity contribution is -0.141. The number of aliphatic carboxylic acids is 1. The van der Waals surface area contributed by atoms with Crippen LogP contribution in [0.5, 0.6) is 0 Å². The lowest BCUT2D eigenvalue weighted by Crippen LogP contribution is -2.12. The summed E-state index contributed by atoms with van der Waals surface area (Å²) in [6, 6.07) is 5.37. The zero-order valence-electron chi connectivity index (χ0n) is 7.90. The summed E-state index contributed by atoms with van der Waals surface area (Å²) in [4.78, 5) is 11.3. The van der Waals surface area contributed by atoms with Crippen LogP contribution in [-0.4, -0.2) is 11.1 Å². The number of nitrogens with two attached hydrogens (primary N) is 1. The van der Waals surface area contributed by atoms with E-state index in [9.17, 15) is 4.79 Å². The van der Waals surface area contributed by atoms with E-state index in [1.165, 1.54) is 0 Å². The second-order valence-corrected chi connectivity index (χ2v) is 3.82. The van der Waals surface area contributed by atoms with Gasteiger partial charge < -0.3 is 10.8 Å². The average Bonchev–Trinajstić information content (AvgIpc) is 2.11. The van der Waals surface area contributed by atoms with Gasteiger partial charge >= 0.3 is 5.97 Å². The minimum absolute atomic E-state index is 0.383. The Hall–Kier alpha value is -1.16. The Balaban J connectivity index is 2.78. The number of benzene rings is 1. The lowest BCUT2D eigenvalue weighted by atomic mass is 10.0. The molecular formula is C10H13NO2S. The van der Waals surface area contributed by atoms with E-state index in [0.29, 0.717) is 17.0 Å². The van der Waals surface area contributed by atoms with Crippen LogP contribution in [0.25, 0.3) is 0 Å². The first-order valence-corrected chi connectivity index (χ1v) is 4.75. The molecule has 4 heteroatoms. The van der Waals surface area contributed by atoms with Crippen molar-refractivity contribution in [3.8, 4) is 0 Å². The van der Waals surface area contributed by atoms with Crippen LogP contribution in [0.4, 0.5) is 5.69 Å². The maximum Gasteiger partial charge on any atom is 0.306 e. The molecule has 3 nitrogen and oxygen atoms in total. The monoisotopic (exact) mass is 211 g/mol. The van der Waals surface area contributed by atoms with E-state index < -0.39 is 5.97 Å². The van der Waals surface area contributed by atoms with Gasteiger partial charge in [0, 0.05) is 10.6 Å². The molecule has 0 saturated carbocycles. The number of nitrogen functional groups attached to an aromatic ring is 1. The predicted molar refractivity (Wildman–Crippen MR) is 58.6 cm³/mol. The summed E-state index contributed by atoms with van der Waals surface area (Å²) in [6.45, 7) is 1.68. The normalized spacial score (nSPS) is 12.4. The molecule has 0 fully saturated rings. The maximum atomic E-state index is 10.6. The first kappa shape index (κ1) is 10.9. The molecule has 0 heterocycles. The van der Waals surface area contributed by atoms with Crippen molar-refractivity contribution < 1.29 is 9.90 Å². The summed E-state index contributed by atoms with van der Waals surface area (Å²) in [6.07, 6.45) is 0.503. The highest BCUT2D eigenvalue weighted by atomic mass is 32.1. The third-order valence-corrected chi connectivity index (χ3v) is 2.45. The Morgan fingerprint density at radius 1 is 1.64 bits per heavy atom. The van der Waals surface area contributed by atoms with Crippen molar-refractivity contribution in [2.24, 2.45) is 5.92 Å². The van der Waals surface area contributed by atoms with Crippen molar-refractivity contribution in [1.29, 1.82) is 0 Å². The van der Waals surface area contributed by atoms with Crippen molar-refractivity contribution in [1.82, 2.24) is 0 Å². The van der Waals surface area contributed by atoms with Gasteiger partial charge in [-0.3, -0.25) is 4.79 Å². The van der Waals surface area contributed by atoms with E-state index in [2.05, 4.69) is 12.6 Å². The van der Waals surface area contributed by atoms with Crippen LogP contribution in [0.15, 0.2) is 23.1 Å². The SMILES string of the molecule is CC(Cc1ccc(N)c(S)c1)C(=O)O. The molecule has 0 aliphatic carbocycles. The summed E-state index contributed by atoms with van der Waals surface area (Å²) in [5, 5.41) is 8.72. The van der Waals surface area contributed by atoms with E-state index in [1.807, 2.05) is 6.07 Å². The van der Waals surface area contributed by atoms with Crippen LogP contribution in [0, 0.1) is 5.92 Å². The van der Waals surface area contributed by atoms with E-state index >= 15 is 0 Å². The molecule has 3 N–H and O–H groups in total. The quantitative estimate of drug-likeness (QED) is 0.528. The molecule has 1 unspecified atom stereocenters. The van der Waals surface area contributed by atoms with Crippen molar-refractivity contribution >= 4 is 24.3 Å². The average molecular weight is 211 g/mol. The minimum atomic E-state index is -0.789. The molecule has 0 spiro atoms. The first-order chi connectivity index (χ1) is 6.50. The Labute approximate surface area is 88.3 Å². The summed E-state index contributed by atoms with van der Waals surface area (Å²) in [7, 11) is 0. The molecule has 1 atom stereocenters. The van der Waals surface area contributed by atoms with E-state index in [-0.39, 0.29) is 5.92 Å². The third kappa shape index (κ3) is 2.67. The van der Waals surface area contributed by atoms with E-state index in [1.54, 1.807) is 19.1 Å². The first-order valence-electron chi connectivity index (χ1n) is 4.31. The second kappa shape index (κ2) is 4.37. The van der Waals surface area contributed by atoms with Crippen LogP contribution in [0.3, 0.4) is 0 Å². The summed E-state index contributed by atoms with van der Waals surface area (Å²) in [5.41, 5.74) is 7.14. The number of hydrogen-bond donors (Lipinski definition) is 3. The molecule has 1 aromatic rings. The fraction of sp³-hybridized carbons (Fsp3) is 0.300. The molecule has 0 radical (unpaired) electrons. The van der Waals surface area contributed by atoms with Gasteiger partial charge in [-0.05, 0) is 24.1 Å². The van der Waals surface area contributed by atoms with Gasteiger partial charge in [-0.15, -0.1) is 12.6 Å². The lowest BCUT2D eigenvalue weighted by Gasteiger charge is -2.07. The van der Waals surface area contributed by atoms with Gasteiger partial charge in [-0.1, -0.05) is 13.0 Å². The number of carboxylic acids is 1. The highest BCUT2D eigenvalue weighted by molar-refractivity contribution is 7.80. The number of anilines is 1. The van der Waals surface area contributed by atoms with Crippen LogP contribution < -0.4 is 5.73 Å². The van der Waals surface area contributed by atoms with Crippen molar-refractivity contribution in [3.05, 3.63) is 23.8 Å². The largest absolute Gasteiger partial charge is 0.481 e. The van der Waals surface area contributed by atoms with Crippen molar-refractivity contribution in [2.45, 2.75) is 18.2 Å². The molecule has 76 valence electrons. The zero-order chi connectivity index (χ0) is 10.7. The van der Waals surface area contributed by atoms with Crippen molar-refractivity contribution in [2.75, 3.05) is 5.73 Å². The second-order valence-electron chi connectivity index (χ2n) is 3.34. The molecule has 14 heavy (non-hydrogen) atoms. The molecule has 0 amide bonds. The zero-order valence-corrected chi connectivity index (χ0v) is 8.79. The third-order valence-electron chi connectivity index (χ3n) is 2.06. The smallest absolute Gasteiger partial charge is 0.306 e. The molecule has 0 saturated heterocycles. The summed E-state index contributed by atoms with van der Waals surface area (Å²) >= 11 is 4.17. The summed E-state index contributed by atoms with van der Waals surface area (Å²) < 4.78 is 0. The van der Waals surface area contributed by atoms with Gasteiger partial charge in [-0.2, -0.15) is 0 Å². The van der Waals surface area contributed by atoms with Crippen molar-refractivity contribution in [3.63, 3.8) is 0 Å². The fourth-order valence-electron chi connectivity index (χ4n) is 1.16. The van der Waals surface area contributed by atoms with E-state index in [4.69, 9.17) is 10.8 Å². The predicted octanol–water partition coefficient (Wildman–Crippen LogP) is 1.82. The Morgan fingerprint density at radius 3 is 2.79 bits per heavy atom. The minimum Gasteiger partial charge on any atom is -0.481 e. The number of carbonyl (C=O) groups is 1. The van der Waals surface area contributed by atoms with Gasteiger partial charge in [-0.25, -0.2) is 0 Å². The number of carboxylic acid groups (broad SMARTS) is 1. The van der Waals surface area contributed by atoms with Gasteiger partial charge in [0.1, 0.15) is 0 Å². The number of thiol groups is 1.